The highest BCUT2D eigenvalue weighted by Gasteiger charge is 2.34. The van der Waals surface area contributed by atoms with E-state index in [0.29, 0.717) is 12.1 Å². The highest BCUT2D eigenvalue weighted by atomic mass is 35.5. The third-order valence-electron chi connectivity index (χ3n) is 1.95. The Labute approximate surface area is 98.4 Å². The first kappa shape index (κ1) is 13.2. The Kier molecular flexibility index (Phi) is 3.53. The Morgan fingerprint density at radius 2 is 2.00 bits per heavy atom. The van der Waals surface area contributed by atoms with Crippen molar-refractivity contribution < 1.29 is 22.8 Å². The molecule has 1 rings (SSSR count). The lowest BCUT2D eigenvalue weighted by molar-refractivity contribution is -0.137. The Morgan fingerprint density at radius 1 is 1.41 bits per heavy atom. The summed E-state index contributed by atoms with van der Waals surface area (Å²) in [7, 11) is 0. The van der Waals surface area contributed by atoms with E-state index in [1.165, 1.54) is 6.07 Å². The minimum atomic E-state index is -4.80. The van der Waals surface area contributed by atoms with Gasteiger partial charge in [-0.05, 0) is 23.7 Å². The van der Waals surface area contributed by atoms with Crippen molar-refractivity contribution in [2.45, 2.75) is 6.18 Å². The van der Waals surface area contributed by atoms with Gasteiger partial charge in [0.05, 0.1) is 22.8 Å². The van der Waals surface area contributed by atoms with E-state index in [1.54, 1.807) is 0 Å². The molecule has 0 spiro atoms. The molecule has 17 heavy (non-hydrogen) atoms. The zero-order valence-electron chi connectivity index (χ0n) is 8.01. The van der Waals surface area contributed by atoms with Crippen molar-refractivity contribution in [1.82, 2.24) is 0 Å². The maximum atomic E-state index is 12.5. The van der Waals surface area contributed by atoms with E-state index in [2.05, 4.69) is 0 Å². The summed E-state index contributed by atoms with van der Waals surface area (Å²) in [5.74, 6) is 0. The molecule has 0 amide bonds. The van der Waals surface area contributed by atoms with Gasteiger partial charge in [0.25, 0.3) is 5.24 Å². The van der Waals surface area contributed by atoms with E-state index in [1.807, 2.05) is 0 Å². The second-order valence-electron chi connectivity index (χ2n) is 2.99. The molecule has 0 atom stereocenters. The molecule has 0 aliphatic rings. The number of halogens is 4. The highest BCUT2D eigenvalue weighted by molar-refractivity contribution is 6.68. The van der Waals surface area contributed by atoms with Crippen LogP contribution in [0.25, 0.3) is 0 Å². The van der Waals surface area contributed by atoms with Crippen molar-refractivity contribution in [3.8, 4) is 6.07 Å². The molecule has 0 aromatic heterocycles. The SMILES string of the molecule is N#Cc1cc(C=O)c(C(F)(F)F)cc1C(=O)Cl. The summed E-state index contributed by atoms with van der Waals surface area (Å²) in [5, 5.41) is 7.43. The normalized spacial score (nSPS) is 10.8. The standard InChI is InChI=1S/C10H3ClF3NO2/c11-9(17)7-2-8(10(12,13)14)6(4-16)1-5(7)3-15/h1-2,4H. The molecule has 88 valence electrons. The average molecular weight is 262 g/mol. The van der Waals surface area contributed by atoms with Gasteiger partial charge < -0.3 is 0 Å². The number of nitrogens with zero attached hydrogens (tertiary/aromatic N) is 1. The van der Waals surface area contributed by atoms with Crippen LogP contribution in [0, 0.1) is 11.3 Å². The van der Waals surface area contributed by atoms with Crippen LogP contribution in [0.5, 0.6) is 0 Å². The van der Waals surface area contributed by atoms with E-state index in [9.17, 15) is 22.8 Å². The number of hydrogen-bond acceptors (Lipinski definition) is 3. The summed E-state index contributed by atoms with van der Waals surface area (Å²) in [6.45, 7) is 0. The fraction of sp³-hybridized carbons (Fsp3) is 0.100. The van der Waals surface area contributed by atoms with Gasteiger partial charge in [-0.25, -0.2) is 0 Å². The van der Waals surface area contributed by atoms with Gasteiger partial charge in [0.2, 0.25) is 0 Å². The molecular formula is C10H3ClF3NO2. The van der Waals surface area contributed by atoms with Crippen molar-refractivity contribution in [3.63, 3.8) is 0 Å². The van der Waals surface area contributed by atoms with Gasteiger partial charge in [0, 0.05) is 5.56 Å². The van der Waals surface area contributed by atoms with Gasteiger partial charge in [-0.3, -0.25) is 9.59 Å². The smallest absolute Gasteiger partial charge is 0.298 e. The van der Waals surface area contributed by atoms with Gasteiger partial charge >= 0.3 is 6.18 Å². The largest absolute Gasteiger partial charge is 0.417 e. The predicted octanol–water partition coefficient (Wildman–Crippen LogP) is 2.77. The highest BCUT2D eigenvalue weighted by Crippen LogP contribution is 2.33. The quantitative estimate of drug-likeness (QED) is 0.607. The lowest BCUT2D eigenvalue weighted by Crippen LogP contribution is -2.11. The fourth-order valence-corrected chi connectivity index (χ4v) is 1.37. The molecule has 1 aromatic rings. The van der Waals surface area contributed by atoms with Crippen LogP contribution in [0.3, 0.4) is 0 Å². The molecule has 0 aliphatic carbocycles. The van der Waals surface area contributed by atoms with Crippen LogP contribution in [-0.4, -0.2) is 11.5 Å². The topological polar surface area (TPSA) is 57.9 Å². The Hall–Kier alpha value is -1.87. The van der Waals surface area contributed by atoms with Crippen LogP contribution in [0.2, 0.25) is 0 Å². The lowest BCUT2D eigenvalue weighted by atomic mass is 10.00. The summed E-state index contributed by atoms with van der Waals surface area (Å²) >= 11 is 5.06. The number of nitriles is 1. The molecule has 0 aliphatic heterocycles. The monoisotopic (exact) mass is 261 g/mol. The molecule has 0 N–H and O–H groups in total. The molecule has 0 heterocycles. The molecule has 0 bridgehead atoms. The van der Waals surface area contributed by atoms with Gasteiger partial charge in [-0.1, -0.05) is 0 Å². The number of benzene rings is 1. The zero-order chi connectivity index (χ0) is 13.2. The van der Waals surface area contributed by atoms with Crippen molar-refractivity contribution in [2.75, 3.05) is 0 Å². The number of hydrogen-bond donors (Lipinski definition) is 0. The molecule has 0 fully saturated rings. The molecule has 0 saturated carbocycles. The van der Waals surface area contributed by atoms with Crippen molar-refractivity contribution in [1.29, 1.82) is 5.26 Å². The third-order valence-corrected chi connectivity index (χ3v) is 2.16. The van der Waals surface area contributed by atoms with Crippen LogP contribution in [0.15, 0.2) is 12.1 Å². The summed E-state index contributed by atoms with van der Waals surface area (Å²) in [6.07, 6.45) is -4.84. The Morgan fingerprint density at radius 3 is 2.35 bits per heavy atom. The average Bonchev–Trinajstić information content (AvgIpc) is 2.25. The summed E-state index contributed by atoms with van der Waals surface area (Å²) < 4.78 is 37.6. The van der Waals surface area contributed by atoms with Gasteiger partial charge in [-0.2, -0.15) is 18.4 Å². The summed E-state index contributed by atoms with van der Waals surface area (Å²) in [4.78, 5) is 21.4. The van der Waals surface area contributed by atoms with E-state index < -0.39 is 28.1 Å². The van der Waals surface area contributed by atoms with Gasteiger partial charge in [-0.15, -0.1) is 0 Å². The molecule has 7 heteroatoms. The lowest BCUT2D eigenvalue weighted by Gasteiger charge is -2.11. The van der Waals surface area contributed by atoms with Gasteiger partial charge in [0.15, 0.2) is 6.29 Å². The third kappa shape index (κ3) is 2.63. The number of alkyl halides is 3. The maximum Gasteiger partial charge on any atom is 0.417 e. The molecule has 1 aromatic carbocycles. The first-order valence-electron chi connectivity index (χ1n) is 4.11. The Balaban J connectivity index is 3.63. The predicted molar refractivity (Wildman–Crippen MR) is 51.7 cm³/mol. The second kappa shape index (κ2) is 4.55. The van der Waals surface area contributed by atoms with Crippen molar-refractivity contribution in [2.24, 2.45) is 0 Å². The molecule has 0 saturated heterocycles. The first-order chi connectivity index (χ1) is 7.81. The van der Waals surface area contributed by atoms with Crippen molar-refractivity contribution in [3.05, 3.63) is 34.4 Å². The number of carbonyl (C=O) groups excluding carboxylic acids is 2. The Bertz CT molecular complexity index is 532. The van der Waals surface area contributed by atoms with Crippen LogP contribution >= 0.6 is 11.6 Å². The minimum Gasteiger partial charge on any atom is -0.298 e. The number of aldehydes is 1. The van der Waals surface area contributed by atoms with Crippen LogP contribution in [0.4, 0.5) is 13.2 Å². The van der Waals surface area contributed by atoms with E-state index >= 15 is 0 Å². The number of rotatable bonds is 2. The van der Waals surface area contributed by atoms with E-state index in [-0.39, 0.29) is 11.8 Å². The van der Waals surface area contributed by atoms with Gasteiger partial charge in [0.1, 0.15) is 0 Å². The molecular weight excluding hydrogens is 259 g/mol. The summed E-state index contributed by atoms with van der Waals surface area (Å²) in [5.41, 5.74) is -2.96. The molecule has 3 nitrogen and oxygen atoms in total. The zero-order valence-corrected chi connectivity index (χ0v) is 8.76. The van der Waals surface area contributed by atoms with E-state index in [0.717, 1.165) is 0 Å². The first-order valence-corrected chi connectivity index (χ1v) is 4.49. The second-order valence-corrected chi connectivity index (χ2v) is 3.33. The minimum absolute atomic E-state index is 0.0356. The maximum absolute atomic E-state index is 12.5. The van der Waals surface area contributed by atoms with Crippen molar-refractivity contribution >= 4 is 23.1 Å². The summed E-state index contributed by atoms with van der Waals surface area (Å²) in [6, 6.07) is 2.59. The van der Waals surface area contributed by atoms with E-state index in [4.69, 9.17) is 16.9 Å². The van der Waals surface area contributed by atoms with Crippen LogP contribution in [0.1, 0.15) is 31.8 Å². The fourth-order valence-electron chi connectivity index (χ4n) is 1.21. The number of carbonyl (C=O) groups is 2. The molecule has 0 unspecified atom stereocenters. The van der Waals surface area contributed by atoms with Crippen LogP contribution in [-0.2, 0) is 6.18 Å². The molecule has 0 radical (unpaired) electrons. The van der Waals surface area contributed by atoms with Crippen LogP contribution < -0.4 is 0 Å².